The molecular formula is C25H24FN3O2S. The number of allylic oxidation sites excluding steroid dienone is 3. The monoisotopic (exact) mass is 449 g/mol. The van der Waals surface area contributed by atoms with Gasteiger partial charge in [-0.3, -0.25) is 4.79 Å². The number of hydrogen-bond donors (Lipinski definition) is 3. The molecule has 2 atom stereocenters. The van der Waals surface area contributed by atoms with Crippen molar-refractivity contribution in [3.63, 3.8) is 0 Å². The summed E-state index contributed by atoms with van der Waals surface area (Å²) in [7, 11) is 0. The second-order valence-electron chi connectivity index (χ2n) is 8.48. The number of carboxylic acids is 1. The molecule has 1 fully saturated rings. The average molecular weight is 450 g/mol. The molecule has 1 aliphatic carbocycles. The van der Waals surface area contributed by atoms with Crippen LogP contribution >= 0.6 is 11.8 Å². The van der Waals surface area contributed by atoms with E-state index in [4.69, 9.17) is 10.8 Å². The first kappa shape index (κ1) is 21.0. The smallest absolute Gasteiger partial charge is 0.320 e. The standard InChI is InChI=1S/C25H24FN3O2S/c26-18-14-15(7-9-19(27)24(30)31)6-8-17(18)22-28-20-10-11-21(29-23(20)32-22)25(12-13-25)16-4-2-1-3-5-16/h1-6,8,10-11,14,19,23,29H,7,9,12-13,27H2,(H,30,31)/t19-,23?/m0/s1. The third-order valence-electron chi connectivity index (χ3n) is 6.35. The van der Waals surface area contributed by atoms with Gasteiger partial charge in [-0.25, -0.2) is 9.38 Å². The number of aryl methyl sites for hydroxylation is 1. The van der Waals surface area contributed by atoms with Gasteiger partial charge in [0, 0.05) is 16.7 Å². The Morgan fingerprint density at radius 2 is 2.03 bits per heavy atom. The molecule has 3 aliphatic rings. The Bertz CT molecular complexity index is 1160. The lowest BCUT2D eigenvalue weighted by Crippen LogP contribution is -2.33. The molecular weight excluding hydrogens is 425 g/mol. The number of halogens is 1. The van der Waals surface area contributed by atoms with Gasteiger partial charge in [0.15, 0.2) is 0 Å². The summed E-state index contributed by atoms with van der Waals surface area (Å²) < 4.78 is 14.9. The second kappa shape index (κ2) is 8.22. The van der Waals surface area contributed by atoms with E-state index < -0.39 is 12.0 Å². The van der Waals surface area contributed by atoms with Crippen molar-refractivity contribution in [2.45, 2.75) is 42.5 Å². The molecule has 2 heterocycles. The molecule has 5 nitrogen and oxygen atoms in total. The maximum Gasteiger partial charge on any atom is 0.320 e. The summed E-state index contributed by atoms with van der Waals surface area (Å²) in [6.45, 7) is 0. The molecule has 2 aromatic rings. The quantitative estimate of drug-likeness (QED) is 0.593. The third-order valence-corrected chi connectivity index (χ3v) is 7.48. The van der Waals surface area contributed by atoms with Crippen LogP contribution in [0.5, 0.6) is 0 Å². The summed E-state index contributed by atoms with van der Waals surface area (Å²) in [5.74, 6) is -1.40. The van der Waals surface area contributed by atoms with Crippen LogP contribution in [0, 0.1) is 5.82 Å². The number of nitrogens with two attached hydrogens (primary N) is 1. The number of rotatable bonds is 7. The first-order valence-electron chi connectivity index (χ1n) is 10.7. The fraction of sp³-hybridized carbons (Fsp3) is 0.280. The predicted octanol–water partition coefficient (Wildman–Crippen LogP) is 4.09. The van der Waals surface area contributed by atoms with E-state index in [1.54, 1.807) is 6.07 Å². The zero-order valence-electron chi connectivity index (χ0n) is 17.4. The van der Waals surface area contributed by atoms with Gasteiger partial charge in [0.05, 0.1) is 5.70 Å². The van der Waals surface area contributed by atoms with Crippen LogP contribution in [-0.4, -0.2) is 27.5 Å². The topological polar surface area (TPSA) is 87.7 Å². The molecule has 4 N–H and O–H groups in total. The van der Waals surface area contributed by atoms with Crippen LogP contribution in [0.15, 0.2) is 77.1 Å². The number of hydrogen-bond acceptors (Lipinski definition) is 5. The molecule has 1 unspecified atom stereocenters. The summed E-state index contributed by atoms with van der Waals surface area (Å²) in [5, 5.41) is 13.2. The van der Waals surface area contributed by atoms with E-state index >= 15 is 0 Å². The highest BCUT2D eigenvalue weighted by Crippen LogP contribution is 2.54. The van der Waals surface area contributed by atoms with Crippen molar-refractivity contribution < 1.29 is 14.3 Å². The number of fused-ring (bicyclic) bond motifs is 1. The lowest BCUT2D eigenvalue weighted by Gasteiger charge is -2.27. The minimum Gasteiger partial charge on any atom is -0.480 e. The summed E-state index contributed by atoms with van der Waals surface area (Å²) >= 11 is 1.52. The molecule has 32 heavy (non-hydrogen) atoms. The van der Waals surface area contributed by atoms with Crippen molar-refractivity contribution in [3.8, 4) is 0 Å². The van der Waals surface area contributed by atoms with Crippen LogP contribution in [-0.2, 0) is 16.6 Å². The highest BCUT2D eigenvalue weighted by Gasteiger charge is 2.49. The van der Waals surface area contributed by atoms with Crippen molar-refractivity contribution in [1.29, 1.82) is 0 Å². The first-order valence-corrected chi connectivity index (χ1v) is 11.6. The molecule has 0 radical (unpaired) electrons. The molecule has 0 amide bonds. The van der Waals surface area contributed by atoms with Crippen molar-refractivity contribution in [1.82, 2.24) is 5.32 Å². The lowest BCUT2D eigenvalue weighted by atomic mass is 9.91. The maximum atomic E-state index is 14.9. The highest BCUT2D eigenvalue weighted by molar-refractivity contribution is 8.15. The number of nitrogens with one attached hydrogen (secondary N) is 1. The lowest BCUT2D eigenvalue weighted by molar-refractivity contribution is -0.138. The Labute approximate surface area is 190 Å². The number of thioether (sulfide) groups is 1. The van der Waals surface area contributed by atoms with Gasteiger partial charge in [0.25, 0.3) is 0 Å². The summed E-state index contributed by atoms with van der Waals surface area (Å²) in [6, 6.07) is 14.6. The molecule has 2 aliphatic heterocycles. The first-order chi connectivity index (χ1) is 15.5. The van der Waals surface area contributed by atoms with Gasteiger partial charge in [-0.2, -0.15) is 0 Å². The largest absolute Gasteiger partial charge is 0.480 e. The normalized spacial score (nSPS) is 21.6. The van der Waals surface area contributed by atoms with Gasteiger partial charge >= 0.3 is 5.97 Å². The second-order valence-corrected chi connectivity index (χ2v) is 9.57. The Morgan fingerprint density at radius 1 is 1.25 bits per heavy atom. The maximum absolute atomic E-state index is 14.9. The zero-order valence-corrected chi connectivity index (χ0v) is 18.2. The number of benzene rings is 2. The van der Waals surface area contributed by atoms with Crippen LogP contribution in [0.25, 0.3) is 0 Å². The zero-order chi connectivity index (χ0) is 22.3. The summed E-state index contributed by atoms with van der Waals surface area (Å²) in [6.07, 6.45) is 7.06. The summed E-state index contributed by atoms with van der Waals surface area (Å²) in [5.41, 5.74) is 10.2. The summed E-state index contributed by atoms with van der Waals surface area (Å²) in [4.78, 5) is 15.5. The SMILES string of the molecule is N[C@@H](CCc1ccc(C2=NC3=CC=C(C4(c5ccccc5)CC4)NC3S2)c(F)c1)C(=O)O. The Hall–Kier alpha value is -2.90. The molecule has 0 aromatic heterocycles. The van der Waals surface area contributed by atoms with E-state index in [0.717, 1.165) is 24.1 Å². The number of dihydropyridines is 1. The fourth-order valence-corrected chi connectivity index (χ4v) is 5.42. The molecule has 2 aromatic carbocycles. The van der Waals surface area contributed by atoms with E-state index in [1.165, 1.54) is 29.1 Å². The van der Waals surface area contributed by atoms with Crippen molar-refractivity contribution >= 4 is 22.8 Å². The van der Waals surface area contributed by atoms with Gasteiger partial charge in [-0.15, -0.1) is 0 Å². The van der Waals surface area contributed by atoms with Gasteiger partial charge in [-0.1, -0.05) is 48.2 Å². The molecule has 1 saturated carbocycles. The van der Waals surface area contributed by atoms with E-state index in [2.05, 4.69) is 40.7 Å². The van der Waals surface area contributed by atoms with E-state index in [1.807, 2.05) is 18.2 Å². The number of carboxylic acid groups (broad SMARTS) is 1. The van der Waals surface area contributed by atoms with Gasteiger partial charge in [-0.05, 0) is 61.1 Å². The van der Waals surface area contributed by atoms with E-state index in [0.29, 0.717) is 17.0 Å². The molecule has 5 rings (SSSR count). The molecule has 0 spiro atoms. The fourth-order valence-electron chi connectivity index (χ4n) is 4.31. The Balaban J connectivity index is 1.31. The van der Waals surface area contributed by atoms with Crippen LogP contribution in [0.3, 0.4) is 0 Å². The number of aliphatic imine (C=N–C) groups is 1. The van der Waals surface area contributed by atoms with Crippen molar-refractivity contribution in [3.05, 3.63) is 94.6 Å². The average Bonchev–Trinajstić information content (AvgIpc) is 3.51. The molecule has 7 heteroatoms. The van der Waals surface area contributed by atoms with Crippen LogP contribution in [0.1, 0.15) is 36.0 Å². The van der Waals surface area contributed by atoms with Gasteiger partial charge in [0.2, 0.25) is 0 Å². The predicted molar refractivity (Wildman–Crippen MR) is 125 cm³/mol. The molecule has 0 bridgehead atoms. The van der Waals surface area contributed by atoms with Crippen molar-refractivity contribution in [2.24, 2.45) is 10.7 Å². The van der Waals surface area contributed by atoms with Crippen LogP contribution in [0.2, 0.25) is 0 Å². The Morgan fingerprint density at radius 3 is 2.72 bits per heavy atom. The van der Waals surface area contributed by atoms with E-state index in [-0.39, 0.29) is 23.0 Å². The highest BCUT2D eigenvalue weighted by atomic mass is 32.2. The number of nitrogens with zero attached hydrogens (tertiary/aromatic N) is 1. The molecule has 164 valence electrons. The van der Waals surface area contributed by atoms with Gasteiger partial charge < -0.3 is 16.2 Å². The van der Waals surface area contributed by atoms with Crippen molar-refractivity contribution in [2.75, 3.05) is 0 Å². The minimum absolute atomic E-state index is 0.0289. The molecule has 0 saturated heterocycles. The van der Waals surface area contributed by atoms with E-state index in [9.17, 15) is 9.18 Å². The van der Waals surface area contributed by atoms with Gasteiger partial charge in [0.1, 0.15) is 22.3 Å². The number of aliphatic carboxylic acids is 1. The third kappa shape index (κ3) is 3.87. The minimum atomic E-state index is -1.05. The Kier molecular flexibility index (Phi) is 5.39. The number of carbonyl (C=O) groups is 1. The van der Waals surface area contributed by atoms with Crippen LogP contribution < -0.4 is 11.1 Å². The van der Waals surface area contributed by atoms with Crippen LogP contribution in [0.4, 0.5) is 4.39 Å².